The van der Waals surface area contributed by atoms with Gasteiger partial charge in [-0.15, -0.1) is 11.3 Å². The summed E-state index contributed by atoms with van der Waals surface area (Å²) in [6.07, 6.45) is 0. The zero-order chi connectivity index (χ0) is 13.5. The molecular weight excluding hydrogens is 242 g/mol. The molecule has 0 saturated carbocycles. The van der Waals surface area contributed by atoms with Crippen molar-refractivity contribution in [3.05, 3.63) is 39.9 Å². The lowest BCUT2D eigenvalue weighted by Crippen LogP contribution is -2.14. The van der Waals surface area contributed by atoms with E-state index in [0.717, 1.165) is 21.1 Å². The second-order valence-electron chi connectivity index (χ2n) is 5.29. The molecule has 0 aliphatic heterocycles. The summed E-state index contributed by atoms with van der Waals surface area (Å²) < 4.78 is 0. The Balaban J connectivity index is 2.49. The number of aryl methyl sites for hydroxylation is 3. The van der Waals surface area contributed by atoms with Gasteiger partial charge < -0.3 is 5.11 Å². The molecule has 0 amide bonds. The summed E-state index contributed by atoms with van der Waals surface area (Å²) in [5.74, 6) is 0. The number of hydrogen-bond acceptors (Lipinski definition) is 3. The summed E-state index contributed by atoms with van der Waals surface area (Å²) in [7, 11) is 0. The molecule has 1 aromatic heterocycles. The van der Waals surface area contributed by atoms with Gasteiger partial charge in [0.25, 0.3) is 0 Å². The number of benzene rings is 1. The van der Waals surface area contributed by atoms with Gasteiger partial charge in [-0.1, -0.05) is 12.1 Å². The summed E-state index contributed by atoms with van der Waals surface area (Å²) in [5.41, 5.74) is 3.78. The van der Waals surface area contributed by atoms with Gasteiger partial charge in [0.15, 0.2) is 0 Å². The molecule has 0 bridgehead atoms. The number of aliphatic hydroxyl groups is 1. The Morgan fingerprint density at radius 3 is 2.28 bits per heavy atom. The van der Waals surface area contributed by atoms with E-state index in [0.29, 0.717) is 0 Å². The average molecular weight is 261 g/mol. The highest BCUT2D eigenvalue weighted by Crippen LogP contribution is 2.34. The molecule has 2 rings (SSSR count). The Hall–Kier alpha value is -1.19. The van der Waals surface area contributed by atoms with Crippen LogP contribution in [-0.4, -0.2) is 10.1 Å². The van der Waals surface area contributed by atoms with Gasteiger partial charge >= 0.3 is 0 Å². The van der Waals surface area contributed by atoms with Crippen molar-refractivity contribution in [3.63, 3.8) is 0 Å². The van der Waals surface area contributed by atoms with Crippen LogP contribution in [0.2, 0.25) is 0 Å². The fourth-order valence-electron chi connectivity index (χ4n) is 1.96. The predicted octanol–water partition coefficient (Wildman–Crippen LogP) is 3.96. The Morgan fingerprint density at radius 1 is 1.11 bits per heavy atom. The zero-order valence-corrected chi connectivity index (χ0v) is 12.4. The van der Waals surface area contributed by atoms with E-state index < -0.39 is 5.60 Å². The standard InChI is InChI=1S/C15H19NOS/c1-9-6-7-12(8-10(9)2)14-16-11(3)13(18-14)15(4,5)17/h6-8,17H,1-5H3. The lowest BCUT2D eigenvalue weighted by molar-refractivity contribution is 0.0817. The van der Waals surface area contributed by atoms with Crippen molar-refractivity contribution in [1.82, 2.24) is 4.98 Å². The first kappa shape index (κ1) is 13.2. The molecule has 0 unspecified atom stereocenters. The van der Waals surface area contributed by atoms with E-state index in [4.69, 9.17) is 0 Å². The van der Waals surface area contributed by atoms with E-state index in [1.54, 1.807) is 25.2 Å². The van der Waals surface area contributed by atoms with E-state index in [2.05, 4.69) is 37.0 Å². The molecule has 2 nitrogen and oxygen atoms in total. The monoisotopic (exact) mass is 261 g/mol. The van der Waals surface area contributed by atoms with Crippen molar-refractivity contribution < 1.29 is 5.11 Å². The largest absolute Gasteiger partial charge is 0.385 e. The molecule has 0 atom stereocenters. The van der Waals surface area contributed by atoms with E-state index in [9.17, 15) is 5.11 Å². The Bertz CT molecular complexity index is 579. The number of thiazole rings is 1. The van der Waals surface area contributed by atoms with Crippen LogP contribution >= 0.6 is 11.3 Å². The predicted molar refractivity (Wildman–Crippen MR) is 77.0 cm³/mol. The van der Waals surface area contributed by atoms with E-state index >= 15 is 0 Å². The maximum atomic E-state index is 10.1. The van der Waals surface area contributed by atoms with Crippen molar-refractivity contribution in [1.29, 1.82) is 0 Å². The third kappa shape index (κ3) is 2.47. The van der Waals surface area contributed by atoms with Crippen molar-refractivity contribution >= 4 is 11.3 Å². The Kier molecular flexibility index (Phi) is 3.30. The summed E-state index contributed by atoms with van der Waals surface area (Å²) >= 11 is 1.57. The third-order valence-corrected chi connectivity index (χ3v) is 4.63. The normalized spacial score (nSPS) is 11.9. The Morgan fingerprint density at radius 2 is 1.78 bits per heavy atom. The minimum Gasteiger partial charge on any atom is -0.385 e. The molecule has 1 aromatic carbocycles. The first-order valence-corrected chi connectivity index (χ1v) is 6.88. The van der Waals surface area contributed by atoms with Gasteiger partial charge in [0.2, 0.25) is 0 Å². The molecule has 96 valence electrons. The first-order valence-electron chi connectivity index (χ1n) is 6.07. The van der Waals surface area contributed by atoms with Crippen molar-refractivity contribution in [2.24, 2.45) is 0 Å². The van der Waals surface area contributed by atoms with Crippen LogP contribution in [0.3, 0.4) is 0 Å². The minimum absolute atomic E-state index is 0.820. The van der Waals surface area contributed by atoms with Crippen LogP contribution in [0.4, 0.5) is 0 Å². The molecule has 0 aliphatic rings. The van der Waals surface area contributed by atoms with Crippen molar-refractivity contribution in [2.45, 2.75) is 40.2 Å². The fourth-order valence-corrected chi connectivity index (χ4v) is 3.03. The summed E-state index contributed by atoms with van der Waals surface area (Å²) in [6.45, 7) is 9.77. The molecule has 0 fully saturated rings. The van der Waals surface area contributed by atoms with E-state index in [1.807, 2.05) is 6.92 Å². The topological polar surface area (TPSA) is 33.1 Å². The van der Waals surface area contributed by atoms with Crippen LogP contribution in [-0.2, 0) is 5.60 Å². The maximum Gasteiger partial charge on any atom is 0.123 e. The van der Waals surface area contributed by atoms with Crippen LogP contribution in [0.15, 0.2) is 18.2 Å². The quantitative estimate of drug-likeness (QED) is 0.887. The molecule has 18 heavy (non-hydrogen) atoms. The molecule has 0 spiro atoms. The van der Waals surface area contributed by atoms with Gasteiger partial charge in [-0.3, -0.25) is 0 Å². The molecule has 1 heterocycles. The SMILES string of the molecule is Cc1ccc(-c2nc(C)c(C(C)(C)O)s2)cc1C. The van der Waals surface area contributed by atoms with Gasteiger partial charge in [-0.05, 0) is 51.8 Å². The average Bonchev–Trinajstić information content (AvgIpc) is 2.64. The fraction of sp³-hybridized carbons (Fsp3) is 0.400. The lowest BCUT2D eigenvalue weighted by atomic mass is 10.1. The summed E-state index contributed by atoms with van der Waals surface area (Å²) in [6, 6.07) is 6.36. The second-order valence-corrected chi connectivity index (χ2v) is 6.29. The number of hydrogen-bond donors (Lipinski definition) is 1. The molecule has 2 aromatic rings. The molecular formula is C15H19NOS. The van der Waals surface area contributed by atoms with E-state index in [1.165, 1.54) is 11.1 Å². The molecule has 1 N–H and O–H groups in total. The van der Waals surface area contributed by atoms with Gasteiger partial charge in [0, 0.05) is 5.56 Å². The molecule has 3 heteroatoms. The smallest absolute Gasteiger partial charge is 0.123 e. The number of rotatable bonds is 2. The molecule has 0 saturated heterocycles. The van der Waals surface area contributed by atoms with Crippen molar-refractivity contribution in [2.75, 3.05) is 0 Å². The Labute approximate surface area is 112 Å². The van der Waals surface area contributed by atoms with E-state index in [-0.39, 0.29) is 0 Å². The highest BCUT2D eigenvalue weighted by molar-refractivity contribution is 7.15. The second kappa shape index (κ2) is 4.48. The van der Waals surface area contributed by atoms with Crippen LogP contribution in [0, 0.1) is 20.8 Å². The maximum absolute atomic E-state index is 10.1. The van der Waals surface area contributed by atoms with Gasteiger partial charge in [0.05, 0.1) is 16.2 Å². The van der Waals surface area contributed by atoms with Crippen LogP contribution < -0.4 is 0 Å². The number of nitrogens with zero attached hydrogens (tertiary/aromatic N) is 1. The van der Waals surface area contributed by atoms with Gasteiger partial charge in [-0.25, -0.2) is 4.98 Å². The highest BCUT2D eigenvalue weighted by atomic mass is 32.1. The van der Waals surface area contributed by atoms with Crippen molar-refractivity contribution in [3.8, 4) is 10.6 Å². The van der Waals surface area contributed by atoms with Crippen LogP contribution in [0.1, 0.15) is 35.5 Å². The minimum atomic E-state index is -0.820. The summed E-state index contributed by atoms with van der Waals surface area (Å²) in [4.78, 5) is 5.52. The van der Waals surface area contributed by atoms with Gasteiger partial charge in [-0.2, -0.15) is 0 Å². The zero-order valence-electron chi connectivity index (χ0n) is 11.5. The first-order chi connectivity index (χ1) is 8.29. The van der Waals surface area contributed by atoms with Crippen LogP contribution in [0.25, 0.3) is 10.6 Å². The summed E-state index contributed by atoms with van der Waals surface area (Å²) in [5, 5.41) is 11.1. The molecule has 0 radical (unpaired) electrons. The third-order valence-electron chi connectivity index (χ3n) is 3.11. The molecule has 0 aliphatic carbocycles. The van der Waals surface area contributed by atoms with Crippen LogP contribution in [0.5, 0.6) is 0 Å². The number of aromatic nitrogens is 1. The van der Waals surface area contributed by atoms with Gasteiger partial charge in [0.1, 0.15) is 5.01 Å². The lowest BCUT2D eigenvalue weighted by Gasteiger charge is -2.14. The highest BCUT2D eigenvalue weighted by Gasteiger charge is 2.23.